The number of carbonyl (C=O) groups is 1. The molecule has 0 saturated heterocycles. The van der Waals surface area contributed by atoms with Gasteiger partial charge in [-0.25, -0.2) is 4.98 Å². The molecule has 5 rings (SSSR count). The predicted molar refractivity (Wildman–Crippen MR) is 116 cm³/mol. The Morgan fingerprint density at radius 1 is 1.03 bits per heavy atom. The van der Waals surface area contributed by atoms with Crippen LogP contribution in [-0.2, 0) is 11.2 Å². The quantitative estimate of drug-likeness (QED) is 0.434. The zero-order chi connectivity index (χ0) is 20.3. The number of rotatable bonds is 6. The van der Waals surface area contributed by atoms with Crippen molar-refractivity contribution >= 4 is 34.2 Å². The SMILES string of the molecule is O=C(CCc1nc(-c2ccsc2)no1)Nc1nc2ccccc2n1-c1ccccc1. The fourth-order valence-corrected chi connectivity index (χ4v) is 3.86. The molecule has 3 heterocycles. The zero-order valence-corrected chi connectivity index (χ0v) is 16.7. The number of imidazole rings is 1. The van der Waals surface area contributed by atoms with Crippen molar-refractivity contribution in [3.63, 3.8) is 0 Å². The highest BCUT2D eigenvalue weighted by atomic mass is 32.1. The maximum absolute atomic E-state index is 12.6. The summed E-state index contributed by atoms with van der Waals surface area (Å²) in [6.45, 7) is 0. The number of thiophene rings is 1. The molecular weight excluding hydrogens is 398 g/mol. The lowest BCUT2D eigenvalue weighted by Gasteiger charge is -2.09. The van der Waals surface area contributed by atoms with E-state index in [2.05, 4.69) is 20.4 Å². The van der Waals surface area contributed by atoms with Crippen molar-refractivity contribution in [3.8, 4) is 17.1 Å². The number of anilines is 1. The van der Waals surface area contributed by atoms with Crippen molar-refractivity contribution in [1.29, 1.82) is 0 Å². The number of hydrogen-bond acceptors (Lipinski definition) is 6. The lowest BCUT2D eigenvalue weighted by molar-refractivity contribution is -0.116. The van der Waals surface area contributed by atoms with Gasteiger partial charge in [0.05, 0.1) is 11.0 Å². The Hall–Kier alpha value is -3.78. The van der Waals surface area contributed by atoms with E-state index in [0.717, 1.165) is 22.3 Å². The first-order valence-corrected chi connectivity index (χ1v) is 10.4. The summed E-state index contributed by atoms with van der Waals surface area (Å²) in [4.78, 5) is 21.6. The van der Waals surface area contributed by atoms with Crippen LogP contribution in [0.2, 0.25) is 0 Å². The first-order chi connectivity index (χ1) is 14.8. The van der Waals surface area contributed by atoms with Gasteiger partial charge in [-0.2, -0.15) is 16.3 Å². The summed E-state index contributed by atoms with van der Waals surface area (Å²) < 4.78 is 7.21. The van der Waals surface area contributed by atoms with Gasteiger partial charge in [-0.15, -0.1) is 0 Å². The van der Waals surface area contributed by atoms with Gasteiger partial charge in [0.1, 0.15) is 0 Å². The molecule has 3 aromatic heterocycles. The molecule has 0 fully saturated rings. The van der Waals surface area contributed by atoms with E-state index in [1.807, 2.05) is 76.0 Å². The second-order valence-corrected chi connectivity index (χ2v) is 7.45. The predicted octanol–water partition coefficient (Wildman–Crippen LogP) is 4.71. The molecule has 148 valence electrons. The number of aryl methyl sites for hydroxylation is 1. The topological polar surface area (TPSA) is 85.8 Å². The molecule has 8 heteroatoms. The van der Waals surface area contributed by atoms with Crippen LogP contribution in [0.25, 0.3) is 28.1 Å². The number of nitrogens with one attached hydrogen (secondary N) is 1. The Morgan fingerprint density at radius 3 is 2.70 bits per heavy atom. The Kier molecular flexibility index (Phi) is 4.82. The monoisotopic (exact) mass is 415 g/mol. The number of aromatic nitrogens is 4. The normalized spacial score (nSPS) is 11.1. The molecule has 0 radical (unpaired) electrons. The average Bonchev–Trinajstić information content (AvgIpc) is 3.52. The number of benzene rings is 2. The molecule has 7 nitrogen and oxygen atoms in total. The number of fused-ring (bicyclic) bond motifs is 1. The Bertz CT molecular complexity index is 1290. The van der Waals surface area contributed by atoms with E-state index in [1.165, 1.54) is 0 Å². The number of carbonyl (C=O) groups excluding carboxylic acids is 1. The molecule has 30 heavy (non-hydrogen) atoms. The van der Waals surface area contributed by atoms with Gasteiger partial charge < -0.3 is 4.52 Å². The van der Waals surface area contributed by atoms with Crippen molar-refractivity contribution in [1.82, 2.24) is 19.7 Å². The van der Waals surface area contributed by atoms with Gasteiger partial charge in [0.2, 0.25) is 23.6 Å². The zero-order valence-electron chi connectivity index (χ0n) is 15.9. The lowest BCUT2D eigenvalue weighted by atomic mass is 10.3. The highest BCUT2D eigenvalue weighted by Gasteiger charge is 2.16. The second kappa shape index (κ2) is 7.92. The molecule has 2 aromatic carbocycles. The first kappa shape index (κ1) is 18.3. The van der Waals surface area contributed by atoms with E-state index in [1.54, 1.807) is 11.3 Å². The van der Waals surface area contributed by atoms with Gasteiger partial charge >= 0.3 is 0 Å². The van der Waals surface area contributed by atoms with E-state index >= 15 is 0 Å². The minimum absolute atomic E-state index is 0.169. The van der Waals surface area contributed by atoms with E-state index < -0.39 is 0 Å². The van der Waals surface area contributed by atoms with Crippen LogP contribution in [0.15, 0.2) is 75.9 Å². The molecule has 1 amide bonds. The maximum atomic E-state index is 12.6. The summed E-state index contributed by atoms with van der Waals surface area (Å²) in [6.07, 6.45) is 0.567. The van der Waals surface area contributed by atoms with Crippen LogP contribution in [0.5, 0.6) is 0 Å². The highest BCUT2D eigenvalue weighted by Crippen LogP contribution is 2.25. The summed E-state index contributed by atoms with van der Waals surface area (Å²) in [5, 5.41) is 10.8. The molecule has 0 bridgehead atoms. The van der Waals surface area contributed by atoms with Crippen molar-refractivity contribution in [2.45, 2.75) is 12.8 Å². The Morgan fingerprint density at radius 2 is 1.87 bits per heavy atom. The molecule has 0 atom stereocenters. The minimum Gasteiger partial charge on any atom is -0.339 e. The van der Waals surface area contributed by atoms with Crippen LogP contribution >= 0.6 is 11.3 Å². The van der Waals surface area contributed by atoms with Crippen molar-refractivity contribution < 1.29 is 9.32 Å². The molecule has 0 saturated carbocycles. The highest BCUT2D eigenvalue weighted by molar-refractivity contribution is 7.08. The minimum atomic E-state index is -0.169. The third kappa shape index (κ3) is 3.60. The average molecular weight is 415 g/mol. The van der Waals surface area contributed by atoms with Crippen LogP contribution in [0, 0.1) is 0 Å². The van der Waals surface area contributed by atoms with Crippen molar-refractivity contribution in [2.75, 3.05) is 5.32 Å². The summed E-state index contributed by atoms with van der Waals surface area (Å²) in [7, 11) is 0. The second-order valence-electron chi connectivity index (χ2n) is 6.67. The van der Waals surface area contributed by atoms with Crippen LogP contribution in [0.1, 0.15) is 12.3 Å². The molecule has 0 aliphatic carbocycles. The molecule has 0 aliphatic heterocycles. The smallest absolute Gasteiger partial charge is 0.227 e. The largest absolute Gasteiger partial charge is 0.339 e. The van der Waals surface area contributed by atoms with E-state index in [4.69, 9.17) is 4.52 Å². The van der Waals surface area contributed by atoms with E-state index in [-0.39, 0.29) is 12.3 Å². The summed E-state index contributed by atoms with van der Waals surface area (Å²) in [5.41, 5.74) is 3.58. The molecule has 0 aliphatic rings. The van der Waals surface area contributed by atoms with Gasteiger partial charge in [-0.1, -0.05) is 35.5 Å². The molecule has 5 aromatic rings. The van der Waals surface area contributed by atoms with Crippen LogP contribution in [0.4, 0.5) is 5.95 Å². The molecule has 1 N–H and O–H groups in total. The van der Waals surface area contributed by atoms with Crippen molar-refractivity contribution in [3.05, 3.63) is 77.3 Å². The van der Waals surface area contributed by atoms with Crippen LogP contribution in [0.3, 0.4) is 0 Å². The number of para-hydroxylation sites is 3. The third-order valence-corrected chi connectivity index (χ3v) is 5.32. The fourth-order valence-electron chi connectivity index (χ4n) is 3.22. The van der Waals surface area contributed by atoms with Gasteiger partial charge in [0.15, 0.2) is 0 Å². The van der Waals surface area contributed by atoms with Gasteiger partial charge in [0.25, 0.3) is 0 Å². The first-order valence-electron chi connectivity index (χ1n) is 9.46. The van der Waals surface area contributed by atoms with E-state index in [9.17, 15) is 4.79 Å². The summed E-state index contributed by atoms with van der Waals surface area (Å²) >= 11 is 1.57. The number of hydrogen-bond donors (Lipinski definition) is 1. The standard InChI is InChI=1S/C22H17N5O2S/c28-19(10-11-20-25-21(26-29-20)15-12-13-30-14-15)24-22-23-17-8-4-5-9-18(17)27(22)16-6-2-1-3-7-16/h1-9,12-14H,10-11H2,(H,23,24,28). The molecule has 0 spiro atoms. The summed E-state index contributed by atoms with van der Waals surface area (Å²) in [6, 6.07) is 19.5. The number of amides is 1. The maximum Gasteiger partial charge on any atom is 0.227 e. The Balaban J connectivity index is 1.34. The van der Waals surface area contributed by atoms with Crippen molar-refractivity contribution in [2.24, 2.45) is 0 Å². The Labute approximate surface area is 176 Å². The molecular formula is C22H17N5O2S. The van der Waals surface area contributed by atoms with Crippen LogP contribution < -0.4 is 5.32 Å². The third-order valence-electron chi connectivity index (χ3n) is 4.64. The number of nitrogens with zero attached hydrogens (tertiary/aromatic N) is 4. The van der Waals surface area contributed by atoms with E-state index in [0.29, 0.717) is 24.1 Å². The summed E-state index contributed by atoms with van der Waals surface area (Å²) in [5.74, 6) is 1.29. The van der Waals surface area contributed by atoms with Gasteiger partial charge in [-0.05, 0) is 35.7 Å². The molecule has 0 unspecified atom stereocenters. The fraction of sp³-hybridized carbons (Fsp3) is 0.0909. The lowest BCUT2D eigenvalue weighted by Crippen LogP contribution is -2.16. The van der Waals surface area contributed by atoms with Gasteiger partial charge in [-0.3, -0.25) is 14.7 Å². The van der Waals surface area contributed by atoms with Gasteiger partial charge in [0, 0.05) is 29.5 Å². The van der Waals surface area contributed by atoms with Crippen LogP contribution in [-0.4, -0.2) is 25.6 Å².